The lowest BCUT2D eigenvalue weighted by atomic mass is 10.1. The molecule has 0 N–H and O–H groups in total. The van der Waals surface area contributed by atoms with Crippen LogP contribution >= 0.6 is 11.6 Å². The fraction of sp³-hybridized carbons (Fsp3) is 0.188. The Kier molecular flexibility index (Phi) is 5.76. The molecule has 0 aromatic heterocycles. The molecule has 0 saturated heterocycles. The lowest BCUT2D eigenvalue weighted by Crippen LogP contribution is -2.12. The average molecular weight is 384 g/mol. The molecule has 0 atom stereocenters. The van der Waals surface area contributed by atoms with Crippen molar-refractivity contribution in [3.63, 3.8) is 0 Å². The summed E-state index contributed by atoms with van der Waals surface area (Å²) in [7, 11) is -4.43. The van der Waals surface area contributed by atoms with Crippen LogP contribution in [-0.4, -0.2) is 19.1 Å². The number of nitrogens with zero attached hydrogens (tertiary/aromatic N) is 1. The third kappa shape index (κ3) is 5.01. The van der Waals surface area contributed by atoms with Gasteiger partial charge in [0.15, 0.2) is 4.90 Å². The molecule has 2 aromatic rings. The number of hydrogen-bond donors (Lipinski definition) is 0. The van der Waals surface area contributed by atoms with Gasteiger partial charge in [-0.3, -0.25) is 10.1 Å². The number of hydrogen-bond acceptors (Lipinski definition) is 6. The van der Waals surface area contributed by atoms with Crippen molar-refractivity contribution in [1.29, 1.82) is 0 Å². The number of carbonyl (C=O) groups is 1. The van der Waals surface area contributed by atoms with Crippen LogP contribution in [-0.2, 0) is 21.3 Å². The minimum absolute atomic E-state index is 0.000786. The van der Waals surface area contributed by atoms with E-state index in [4.69, 9.17) is 15.8 Å². The molecule has 7 nitrogen and oxygen atoms in total. The van der Waals surface area contributed by atoms with E-state index < -0.39 is 25.6 Å². The molecule has 0 fully saturated rings. The van der Waals surface area contributed by atoms with Gasteiger partial charge >= 0.3 is 10.1 Å². The first-order valence-corrected chi connectivity index (χ1v) is 8.94. The summed E-state index contributed by atoms with van der Waals surface area (Å²) in [5.74, 6) is 0.0528. The summed E-state index contributed by atoms with van der Waals surface area (Å²) < 4.78 is 29.7. The zero-order chi connectivity index (χ0) is 18.6. The van der Waals surface area contributed by atoms with E-state index in [1.807, 2.05) is 0 Å². The smallest absolute Gasteiger partial charge is 0.346 e. The summed E-state index contributed by atoms with van der Waals surface area (Å²) in [4.78, 5) is 20.6. The van der Waals surface area contributed by atoms with Gasteiger partial charge < -0.3 is 8.98 Å². The maximum Gasteiger partial charge on any atom is 0.346 e. The quantitative estimate of drug-likeness (QED) is 0.411. The van der Waals surface area contributed by atoms with Gasteiger partial charge in [0.05, 0.1) is 4.92 Å². The number of Topliss-reactive ketones (excluding diaryl/α,β-unsaturated/α-hetero) is 1. The molecular formula is C16H14ClNO6S. The Morgan fingerprint density at radius 1 is 1.20 bits per heavy atom. The second-order valence-corrected chi connectivity index (χ2v) is 7.20. The van der Waals surface area contributed by atoms with Crippen LogP contribution in [0.5, 0.6) is 5.75 Å². The summed E-state index contributed by atoms with van der Waals surface area (Å²) in [6, 6.07) is 9.29. The minimum atomic E-state index is -4.43. The number of nitro groups is 1. The summed E-state index contributed by atoms with van der Waals surface area (Å²) in [6.07, 6.45) is 0.912. The third-order valence-electron chi connectivity index (χ3n) is 3.28. The highest BCUT2D eigenvalue weighted by molar-refractivity contribution is 7.87. The highest BCUT2D eigenvalue weighted by Crippen LogP contribution is 2.29. The molecule has 0 amide bonds. The van der Waals surface area contributed by atoms with Gasteiger partial charge in [-0.2, -0.15) is 8.42 Å². The first-order chi connectivity index (χ1) is 11.7. The van der Waals surface area contributed by atoms with E-state index in [1.54, 1.807) is 12.1 Å². The lowest BCUT2D eigenvalue weighted by Gasteiger charge is -2.08. The molecular weight excluding hydrogens is 370 g/mol. The maximum absolute atomic E-state index is 12.3. The van der Waals surface area contributed by atoms with Crippen LogP contribution in [0, 0.1) is 10.1 Å². The van der Waals surface area contributed by atoms with Crippen LogP contribution in [0.4, 0.5) is 5.69 Å². The zero-order valence-electron chi connectivity index (χ0n) is 13.1. The Labute approximate surface area is 149 Å². The number of rotatable bonds is 7. The SMILES string of the molecule is CC(=O)CCc1ccc(OS(=O)(=O)c2cc(Cl)ccc2[N+](=O)[O-])cc1. The predicted octanol–water partition coefficient (Wildman–Crippen LogP) is 3.54. The first-order valence-electron chi connectivity index (χ1n) is 7.16. The molecule has 2 rings (SSSR count). The molecule has 0 aliphatic carbocycles. The Morgan fingerprint density at radius 3 is 2.40 bits per heavy atom. The Balaban J connectivity index is 2.26. The number of ketones is 1. The van der Waals surface area contributed by atoms with Crippen LogP contribution in [0.1, 0.15) is 18.9 Å². The monoisotopic (exact) mass is 383 g/mol. The molecule has 0 aliphatic rings. The average Bonchev–Trinajstić information content (AvgIpc) is 2.53. The molecule has 0 radical (unpaired) electrons. The van der Waals surface area contributed by atoms with E-state index in [0.717, 1.165) is 17.7 Å². The number of nitro benzene ring substituents is 1. The highest BCUT2D eigenvalue weighted by Gasteiger charge is 2.28. The van der Waals surface area contributed by atoms with Gasteiger partial charge in [-0.1, -0.05) is 23.7 Å². The predicted molar refractivity (Wildman–Crippen MR) is 91.4 cm³/mol. The Hall–Kier alpha value is -2.45. The van der Waals surface area contributed by atoms with Crippen molar-refractivity contribution in [3.8, 4) is 5.75 Å². The van der Waals surface area contributed by atoms with Gasteiger partial charge in [0, 0.05) is 17.5 Å². The third-order valence-corrected chi connectivity index (χ3v) is 4.80. The highest BCUT2D eigenvalue weighted by atomic mass is 35.5. The molecule has 25 heavy (non-hydrogen) atoms. The zero-order valence-corrected chi connectivity index (χ0v) is 14.7. The normalized spacial score (nSPS) is 11.1. The van der Waals surface area contributed by atoms with E-state index >= 15 is 0 Å². The van der Waals surface area contributed by atoms with Crippen molar-refractivity contribution < 1.29 is 22.3 Å². The Morgan fingerprint density at radius 2 is 1.84 bits per heavy atom. The largest absolute Gasteiger partial charge is 0.379 e. The van der Waals surface area contributed by atoms with Crippen molar-refractivity contribution in [2.75, 3.05) is 0 Å². The minimum Gasteiger partial charge on any atom is -0.379 e. The summed E-state index contributed by atoms with van der Waals surface area (Å²) in [5, 5.41) is 11.1. The van der Waals surface area contributed by atoms with Gasteiger partial charge in [-0.25, -0.2) is 0 Å². The summed E-state index contributed by atoms with van der Waals surface area (Å²) in [5.41, 5.74) is 0.219. The van der Waals surface area contributed by atoms with Crippen molar-refractivity contribution in [3.05, 3.63) is 63.2 Å². The van der Waals surface area contributed by atoms with Crippen molar-refractivity contribution in [1.82, 2.24) is 0 Å². The van der Waals surface area contributed by atoms with Crippen molar-refractivity contribution in [2.24, 2.45) is 0 Å². The second-order valence-electron chi connectivity index (χ2n) is 5.25. The van der Waals surface area contributed by atoms with Gasteiger partial charge in [-0.05, 0) is 43.2 Å². The maximum atomic E-state index is 12.3. The lowest BCUT2D eigenvalue weighted by molar-refractivity contribution is -0.387. The number of carbonyl (C=O) groups excluding carboxylic acids is 1. The fourth-order valence-electron chi connectivity index (χ4n) is 2.04. The molecule has 132 valence electrons. The van der Waals surface area contributed by atoms with Gasteiger partial charge in [0.1, 0.15) is 11.5 Å². The van der Waals surface area contributed by atoms with Crippen LogP contribution in [0.15, 0.2) is 47.4 Å². The van der Waals surface area contributed by atoms with E-state index in [-0.39, 0.29) is 16.6 Å². The number of aryl methyl sites for hydroxylation is 1. The van der Waals surface area contributed by atoms with Crippen LogP contribution < -0.4 is 4.18 Å². The summed E-state index contributed by atoms with van der Waals surface area (Å²) in [6.45, 7) is 1.49. The van der Waals surface area contributed by atoms with E-state index in [0.29, 0.717) is 12.8 Å². The van der Waals surface area contributed by atoms with Gasteiger partial charge in [-0.15, -0.1) is 0 Å². The van der Waals surface area contributed by atoms with Gasteiger partial charge in [0.2, 0.25) is 0 Å². The standard InChI is InChI=1S/C16H14ClNO6S/c1-11(19)2-3-12-4-7-14(8-5-12)24-25(22,23)16-10-13(17)6-9-15(16)18(20)21/h4-10H,2-3H2,1H3. The molecule has 0 unspecified atom stereocenters. The van der Waals surface area contributed by atoms with Gasteiger partial charge in [0.25, 0.3) is 5.69 Å². The van der Waals surface area contributed by atoms with E-state index in [2.05, 4.69) is 0 Å². The van der Waals surface area contributed by atoms with Crippen LogP contribution in [0.2, 0.25) is 5.02 Å². The molecule has 0 bridgehead atoms. The Bertz CT molecular complexity index is 909. The van der Waals surface area contributed by atoms with Crippen molar-refractivity contribution in [2.45, 2.75) is 24.7 Å². The summed E-state index contributed by atoms with van der Waals surface area (Å²) >= 11 is 5.74. The van der Waals surface area contributed by atoms with E-state index in [9.17, 15) is 23.3 Å². The van der Waals surface area contributed by atoms with Crippen LogP contribution in [0.25, 0.3) is 0 Å². The topological polar surface area (TPSA) is 104 Å². The molecule has 2 aromatic carbocycles. The number of halogens is 1. The first kappa shape index (κ1) is 18.9. The molecule has 0 aliphatic heterocycles. The second kappa shape index (κ2) is 7.62. The number of benzene rings is 2. The molecule has 0 heterocycles. The van der Waals surface area contributed by atoms with Crippen LogP contribution in [0.3, 0.4) is 0 Å². The molecule has 0 saturated carbocycles. The molecule has 0 spiro atoms. The molecule has 9 heteroatoms. The van der Waals surface area contributed by atoms with Crippen molar-refractivity contribution >= 4 is 33.2 Å². The fourth-order valence-corrected chi connectivity index (χ4v) is 3.40. The van der Waals surface area contributed by atoms with E-state index in [1.165, 1.54) is 25.1 Å².